The van der Waals surface area contributed by atoms with Crippen molar-refractivity contribution in [2.45, 2.75) is 25.9 Å². The van der Waals surface area contributed by atoms with Crippen LogP contribution in [0.5, 0.6) is 0 Å². The molecule has 0 radical (unpaired) electrons. The van der Waals surface area contributed by atoms with Crippen LogP contribution in [0.25, 0.3) is 0 Å². The summed E-state index contributed by atoms with van der Waals surface area (Å²) in [5, 5.41) is 6.25. The fourth-order valence-corrected chi connectivity index (χ4v) is 3.83. The number of aryl methyl sites for hydroxylation is 2. The van der Waals surface area contributed by atoms with Crippen LogP contribution in [0.3, 0.4) is 0 Å². The fourth-order valence-electron chi connectivity index (χ4n) is 3.83. The van der Waals surface area contributed by atoms with Crippen LogP contribution in [0, 0.1) is 0 Å². The number of anilines is 3. The van der Waals surface area contributed by atoms with Gasteiger partial charge in [0.25, 0.3) is 0 Å². The monoisotopic (exact) mass is 482 g/mol. The summed E-state index contributed by atoms with van der Waals surface area (Å²) in [6, 6.07) is 14.0. The van der Waals surface area contributed by atoms with Gasteiger partial charge in [0.05, 0.1) is 11.3 Å². The highest BCUT2D eigenvalue weighted by Gasteiger charge is 2.34. The van der Waals surface area contributed by atoms with Crippen molar-refractivity contribution in [3.8, 4) is 0 Å². The normalized spacial score (nSPS) is 13.7. The van der Waals surface area contributed by atoms with Gasteiger partial charge in [-0.05, 0) is 61.7 Å². The Balaban J connectivity index is 1.52. The predicted molar refractivity (Wildman–Crippen MR) is 128 cm³/mol. The largest absolute Gasteiger partial charge is 0.419 e. The third-order valence-electron chi connectivity index (χ3n) is 5.60. The Hall–Kier alpha value is -4.08. The Morgan fingerprint density at radius 3 is 2.63 bits per heavy atom. The number of halogens is 3. The minimum atomic E-state index is -4.58. The number of carbonyl (C=O) groups is 1. The van der Waals surface area contributed by atoms with Crippen molar-refractivity contribution in [2.75, 3.05) is 23.3 Å². The summed E-state index contributed by atoms with van der Waals surface area (Å²) < 4.78 is 40.7. The molecule has 1 aliphatic heterocycles. The summed E-state index contributed by atoms with van der Waals surface area (Å²) in [4.78, 5) is 21.6. The number of nitrogens with one attached hydrogen (secondary N) is 2. The van der Waals surface area contributed by atoms with Crippen LogP contribution in [-0.4, -0.2) is 29.0 Å². The molecule has 2 heterocycles. The van der Waals surface area contributed by atoms with Crippen LogP contribution in [0.2, 0.25) is 0 Å². The highest BCUT2D eigenvalue weighted by Crippen LogP contribution is 2.32. The Bertz CT molecular complexity index is 1240. The molecule has 0 unspecified atom stereocenters. The van der Waals surface area contributed by atoms with E-state index < -0.39 is 17.6 Å². The number of aromatic nitrogens is 2. The van der Waals surface area contributed by atoms with E-state index in [4.69, 9.17) is 5.73 Å². The first-order chi connectivity index (χ1) is 16.7. The second kappa shape index (κ2) is 10.0. The van der Waals surface area contributed by atoms with E-state index in [1.807, 2.05) is 37.4 Å². The number of rotatable bonds is 7. The molecule has 2 aromatic carbocycles. The molecule has 182 valence electrons. The lowest BCUT2D eigenvalue weighted by Gasteiger charge is -2.27. The van der Waals surface area contributed by atoms with Gasteiger partial charge in [0.15, 0.2) is 0 Å². The van der Waals surface area contributed by atoms with E-state index in [2.05, 4.69) is 25.5 Å². The molecule has 4 rings (SSSR count). The van der Waals surface area contributed by atoms with E-state index in [1.54, 1.807) is 24.3 Å². The van der Waals surface area contributed by atoms with Crippen LogP contribution >= 0.6 is 0 Å². The Morgan fingerprint density at radius 2 is 1.94 bits per heavy atom. The average Bonchev–Trinajstić information content (AvgIpc) is 2.83. The lowest BCUT2D eigenvalue weighted by molar-refractivity contribution is -0.138. The first-order valence-corrected chi connectivity index (χ1v) is 11.1. The number of allylic oxidation sites excluding steroid dienone is 1. The summed E-state index contributed by atoms with van der Waals surface area (Å²) >= 11 is 0. The van der Waals surface area contributed by atoms with Crippen molar-refractivity contribution in [1.82, 2.24) is 15.3 Å². The smallest absolute Gasteiger partial charge is 0.386 e. The van der Waals surface area contributed by atoms with Crippen molar-refractivity contribution in [1.29, 1.82) is 0 Å². The van der Waals surface area contributed by atoms with Crippen LogP contribution in [0.4, 0.5) is 30.5 Å². The molecule has 0 bridgehead atoms. The summed E-state index contributed by atoms with van der Waals surface area (Å²) in [6.45, 7) is 3.67. The topological polar surface area (TPSA) is 96.2 Å². The van der Waals surface area contributed by atoms with Crippen LogP contribution in [0.1, 0.15) is 34.1 Å². The van der Waals surface area contributed by atoms with Crippen LogP contribution in [-0.2, 0) is 19.0 Å². The molecular formula is C25H25F3N6O. The van der Waals surface area contributed by atoms with Crippen molar-refractivity contribution in [3.63, 3.8) is 0 Å². The molecular weight excluding hydrogens is 457 g/mol. The maximum absolute atomic E-state index is 13.6. The molecule has 1 aliphatic rings. The lowest BCUT2D eigenvalue weighted by Crippen LogP contribution is -2.33. The van der Waals surface area contributed by atoms with Gasteiger partial charge in [-0.1, -0.05) is 12.1 Å². The van der Waals surface area contributed by atoms with Gasteiger partial charge in [0.2, 0.25) is 11.9 Å². The molecule has 0 spiro atoms. The van der Waals surface area contributed by atoms with E-state index in [0.29, 0.717) is 16.8 Å². The molecule has 0 saturated heterocycles. The summed E-state index contributed by atoms with van der Waals surface area (Å²) in [5.41, 5.74) is 8.02. The Labute approximate surface area is 200 Å². The molecule has 1 amide bonds. The van der Waals surface area contributed by atoms with Gasteiger partial charge in [0.1, 0.15) is 0 Å². The second-order valence-corrected chi connectivity index (χ2v) is 8.22. The third-order valence-corrected chi connectivity index (χ3v) is 5.60. The molecule has 0 fully saturated rings. The minimum Gasteiger partial charge on any atom is -0.386 e. The fraction of sp³-hybridized carbons (Fsp3) is 0.240. The van der Waals surface area contributed by atoms with Crippen LogP contribution < -0.4 is 21.3 Å². The number of hydrogen-bond donors (Lipinski definition) is 3. The van der Waals surface area contributed by atoms with Crippen molar-refractivity contribution < 1.29 is 18.0 Å². The van der Waals surface area contributed by atoms with E-state index >= 15 is 0 Å². The zero-order chi connectivity index (χ0) is 25.0. The summed E-state index contributed by atoms with van der Waals surface area (Å²) in [5.74, 6) is -0.518. The lowest BCUT2D eigenvalue weighted by atomic mass is 10.0. The Kier molecular flexibility index (Phi) is 6.90. The standard InChI is InChI=1S/C25H25F3N6O/c1-16-15-34(12-11-30-16)20-8-6-19(7-9-20)32-24-31-14-21(25(26,27)28)22(33-24)10-5-17-3-2-4-18(13-17)23(29)35/h2-4,6-9,13-15,30H,5,10-12H2,1H3,(H2,29,35)(H,31,32,33). The molecule has 4 N–H and O–H groups in total. The Morgan fingerprint density at radius 1 is 1.17 bits per heavy atom. The van der Waals surface area contributed by atoms with Crippen molar-refractivity contribution in [3.05, 3.63) is 89.0 Å². The maximum atomic E-state index is 13.6. The number of amides is 1. The van der Waals surface area contributed by atoms with Gasteiger partial charge in [-0.15, -0.1) is 0 Å². The van der Waals surface area contributed by atoms with Gasteiger partial charge in [-0.3, -0.25) is 4.79 Å². The molecule has 0 aliphatic carbocycles. The molecule has 3 aromatic rings. The number of benzene rings is 2. The minimum absolute atomic E-state index is 0.0158. The summed E-state index contributed by atoms with van der Waals surface area (Å²) in [6.07, 6.45) is -1.49. The third kappa shape index (κ3) is 6.08. The molecule has 0 atom stereocenters. The average molecular weight is 483 g/mol. The quantitative estimate of drug-likeness (QED) is 0.462. The molecule has 0 saturated carbocycles. The number of carbonyl (C=O) groups excluding carboxylic acids is 1. The number of alkyl halides is 3. The predicted octanol–water partition coefficient (Wildman–Crippen LogP) is 4.39. The number of primary amides is 1. The van der Waals surface area contributed by atoms with Gasteiger partial charge in [-0.2, -0.15) is 13.2 Å². The second-order valence-electron chi connectivity index (χ2n) is 8.22. The highest BCUT2D eigenvalue weighted by atomic mass is 19.4. The molecule has 7 nitrogen and oxygen atoms in total. The van der Waals surface area contributed by atoms with E-state index in [0.717, 1.165) is 30.7 Å². The van der Waals surface area contributed by atoms with Gasteiger partial charge in [0, 0.05) is 48.1 Å². The zero-order valence-corrected chi connectivity index (χ0v) is 19.1. The molecule has 35 heavy (non-hydrogen) atoms. The van der Waals surface area contributed by atoms with Gasteiger partial charge < -0.3 is 21.3 Å². The van der Waals surface area contributed by atoms with Crippen LogP contribution in [0.15, 0.2) is 66.6 Å². The molecule has 10 heteroatoms. The number of nitrogens with two attached hydrogens (primary N) is 1. The zero-order valence-electron chi connectivity index (χ0n) is 19.1. The van der Waals surface area contributed by atoms with E-state index in [-0.39, 0.29) is 24.5 Å². The number of nitrogens with zero attached hydrogens (tertiary/aromatic N) is 3. The SMILES string of the molecule is CC1=CN(c2ccc(Nc3ncc(C(F)(F)F)c(CCc4cccc(C(N)=O)c4)n3)cc2)CCN1. The molecule has 1 aromatic heterocycles. The number of hydrogen-bond acceptors (Lipinski definition) is 6. The highest BCUT2D eigenvalue weighted by molar-refractivity contribution is 5.92. The van der Waals surface area contributed by atoms with E-state index in [1.165, 1.54) is 0 Å². The van der Waals surface area contributed by atoms with Crippen molar-refractivity contribution in [2.24, 2.45) is 5.73 Å². The first kappa shape index (κ1) is 24.1. The maximum Gasteiger partial charge on any atom is 0.419 e. The summed E-state index contributed by atoms with van der Waals surface area (Å²) in [7, 11) is 0. The van der Waals surface area contributed by atoms with Gasteiger partial charge in [-0.25, -0.2) is 9.97 Å². The first-order valence-electron chi connectivity index (χ1n) is 11.1. The van der Waals surface area contributed by atoms with E-state index in [9.17, 15) is 18.0 Å². The van der Waals surface area contributed by atoms with Gasteiger partial charge >= 0.3 is 6.18 Å². The van der Waals surface area contributed by atoms with Crippen molar-refractivity contribution >= 4 is 23.2 Å².